The molecule has 0 heterocycles. The fraction of sp³-hybridized carbons (Fsp3) is 0.846. The van der Waals surface area contributed by atoms with Crippen molar-refractivity contribution >= 4 is 11.9 Å². The van der Waals surface area contributed by atoms with E-state index in [4.69, 9.17) is 10.8 Å². The van der Waals surface area contributed by atoms with E-state index < -0.39 is 17.8 Å². The van der Waals surface area contributed by atoms with Crippen LogP contribution in [-0.4, -0.2) is 66.1 Å². The van der Waals surface area contributed by atoms with Gasteiger partial charge in [0.25, 0.3) is 0 Å². The molecule has 0 rings (SSSR count). The maximum absolute atomic E-state index is 11.0. The molecular weight excluding hydrogens is 246 g/mol. The van der Waals surface area contributed by atoms with E-state index in [1.54, 1.807) is 6.92 Å². The molecule has 0 spiro atoms. The Kier molecular flexibility index (Phi) is 9.16. The summed E-state index contributed by atoms with van der Waals surface area (Å²) in [5, 5.41) is 8.90. The van der Waals surface area contributed by atoms with Gasteiger partial charge in [-0.2, -0.15) is 0 Å². The van der Waals surface area contributed by atoms with Crippen molar-refractivity contribution in [3.05, 3.63) is 0 Å². The molecule has 0 aromatic carbocycles. The number of carbonyl (C=O) groups excluding carboxylic acids is 1. The van der Waals surface area contributed by atoms with Gasteiger partial charge < -0.3 is 15.7 Å². The molecule has 0 radical (unpaired) electrons. The van der Waals surface area contributed by atoms with E-state index in [0.29, 0.717) is 13.1 Å². The number of primary amides is 1. The van der Waals surface area contributed by atoms with Gasteiger partial charge in [0.2, 0.25) is 5.91 Å². The molecular formula is C13H27N3O3. The third kappa shape index (κ3) is 8.56. The van der Waals surface area contributed by atoms with Crippen molar-refractivity contribution in [2.75, 3.05) is 39.3 Å². The first-order valence-corrected chi connectivity index (χ1v) is 6.86. The molecule has 0 saturated carbocycles. The largest absolute Gasteiger partial charge is 0.481 e. The van der Waals surface area contributed by atoms with Crippen LogP contribution >= 0.6 is 0 Å². The summed E-state index contributed by atoms with van der Waals surface area (Å²) in [6.45, 7) is 9.97. The molecule has 0 aromatic rings. The molecule has 19 heavy (non-hydrogen) atoms. The summed E-state index contributed by atoms with van der Waals surface area (Å²) in [4.78, 5) is 26.0. The predicted molar refractivity (Wildman–Crippen MR) is 74.8 cm³/mol. The lowest BCUT2D eigenvalue weighted by Crippen LogP contribution is -2.39. The van der Waals surface area contributed by atoms with Crippen LogP contribution in [-0.2, 0) is 9.59 Å². The fourth-order valence-corrected chi connectivity index (χ4v) is 1.98. The first-order chi connectivity index (χ1) is 8.90. The standard InChI is InChI=1S/C13H27N3O3/c1-4-15(5-2)7-6-8-16(10-12(14)17)9-11(3)13(18)19/h11H,4-10H2,1-3H3,(H2,14,17)(H,18,19). The summed E-state index contributed by atoms with van der Waals surface area (Å²) in [6.07, 6.45) is 0.904. The first-order valence-electron chi connectivity index (χ1n) is 6.86. The minimum absolute atomic E-state index is 0.121. The summed E-state index contributed by atoms with van der Waals surface area (Å²) in [5.41, 5.74) is 5.19. The van der Waals surface area contributed by atoms with E-state index in [0.717, 1.165) is 26.1 Å². The molecule has 0 bridgehead atoms. The Morgan fingerprint density at radius 1 is 1.16 bits per heavy atom. The van der Waals surface area contributed by atoms with Crippen LogP contribution in [0.25, 0.3) is 0 Å². The van der Waals surface area contributed by atoms with Crippen molar-refractivity contribution < 1.29 is 14.7 Å². The van der Waals surface area contributed by atoms with Gasteiger partial charge in [-0.3, -0.25) is 14.5 Å². The lowest BCUT2D eigenvalue weighted by molar-refractivity contribution is -0.142. The number of carboxylic acid groups (broad SMARTS) is 1. The van der Waals surface area contributed by atoms with Crippen LogP contribution < -0.4 is 5.73 Å². The molecule has 3 N–H and O–H groups in total. The van der Waals surface area contributed by atoms with Gasteiger partial charge in [-0.05, 0) is 32.6 Å². The molecule has 6 nitrogen and oxygen atoms in total. The zero-order valence-electron chi connectivity index (χ0n) is 12.3. The fourth-order valence-electron chi connectivity index (χ4n) is 1.98. The zero-order valence-corrected chi connectivity index (χ0v) is 12.3. The Balaban J connectivity index is 4.20. The highest BCUT2D eigenvalue weighted by Gasteiger charge is 2.17. The third-order valence-electron chi connectivity index (χ3n) is 3.18. The summed E-state index contributed by atoms with van der Waals surface area (Å²) in [6, 6.07) is 0. The van der Waals surface area contributed by atoms with Gasteiger partial charge in [0.15, 0.2) is 0 Å². The molecule has 0 saturated heterocycles. The second-order valence-corrected chi connectivity index (χ2v) is 4.82. The normalized spacial score (nSPS) is 12.9. The Bertz CT molecular complexity index is 280. The minimum Gasteiger partial charge on any atom is -0.481 e. The monoisotopic (exact) mass is 273 g/mol. The van der Waals surface area contributed by atoms with E-state index in [-0.39, 0.29) is 6.54 Å². The molecule has 0 fully saturated rings. The van der Waals surface area contributed by atoms with Crippen molar-refractivity contribution in [2.45, 2.75) is 27.2 Å². The van der Waals surface area contributed by atoms with Gasteiger partial charge in [-0.1, -0.05) is 20.8 Å². The van der Waals surface area contributed by atoms with Crippen LogP contribution in [0.2, 0.25) is 0 Å². The summed E-state index contributed by atoms with van der Waals surface area (Å²) >= 11 is 0. The van der Waals surface area contributed by atoms with Crippen LogP contribution in [0.15, 0.2) is 0 Å². The maximum Gasteiger partial charge on any atom is 0.307 e. The minimum atomic E-state index is -0.849. The van der Waals surface area contributed by atoms with E-state index in [9.17, 15) is 9.59 Å². The second kappa shape index (κ2) is 9.75. The van der Waals surface area contributed by atoms with Gasteiger partial charge in [-0.15, -0.1) is 0 Å². The number of carbonyl (C=O) groups is 2. The average molecular weight is 273 g/mol. The molecule has 0 aliphatic heterocycles. The van der Waals surface area contributed by atoms with Gasteiger partial charge in [0.05, 0.1) is 12.5 Å². The predicted octanol–water partition coefficient (Wildman–Crippen LogP) is 0.226. The van der Waals surface area contributed by atoms with Crippen LogP contribution in [0.5, 0.6) is 0 Å². The molecule has 1 amide bonds. The lowest BCUT2D eigenvalue weighted by atomic mass is 10.1. The van der Waals surface area contributed by atoms with E-state index >= 15 is 0 Å². The zero-order chi connectivity index (χ0) is 14.8. The van der Waals surface area contributed by atoms with E-state index in [2.05, 4.69) is 18.7 Å². The Labute approximate surface area is 115 Å². The number of hydrogen-bond donors (Lipinski definition) is 2. The average Bonchev–Trinajstić information content (AvgIpc) is 2.33. The molecule has 1 unspecified atom stereocenters. The number of rotatable bonds is 11. The van der Waals surface area contributed by atoms with Crippen LogP contribution in [0.1, 0.15) is 27.2 Å². The SMILES string of the molecule is CCN(CC)CCCN(CC(N)=O)CC(C)C(=O)O. The molecule has 112 valence electrons. The van der Waals surface area contributed by atoms with Crippen molar-refractivity contribution in [3.63, 3.8) is 0 Å². The highest BCUT2D eigenvalue weighted by atomic mass is 16.4. The number of carboxylic acids is 1. The van der Waals surface area contributed by atoms with Crippen molar-refractivity contribution in [1.82, 2.24) is 9.80 Å². The number of amides is 1. The second-order valence-electron chi connectivity index (χ2n) is 4.82. The smallest absolute Gasteiger partial charge is 0.307 e. The molecule has 0 aliphatic rings. The maximum atomic E-state index is 11.0. The summed E-state index contributed by atoms with van der Waals surface area (Å²) < 4.78 is 0. The van der Waals surface area contributed by atoms with Crippen molar-refractivity contribution in [1.29, 1.82) is 0 Å². The first kappa shape index (κ1) is 17.9. The quantitative estimate of drug-likeness (QED) is 0.562. The summed E-state index contributed by atoms with van der Waals surface area (Å²) in [7, 11) is 0. The van der Waals surface area contributed by atoms with Gasteiger partial charge >= 0.3 is 5.97 Å². The summed E-state index contributed by atoms with van der Waals surface area (Å²) in [5.74, 6) is -1.76. The Morgan fingerprint density at radius 2 is 1.68 bits per heavy atom. The topological polar surface area (TPSA) is 86.9 Å². The van der Waals surface area contributed by atoms with E-state index in [1.165, 1.54) is 0 Å². The third-order valence-corrected chi connectivity index (χ3v) is 3.18. The van der Waals surface area contributed by atoms with Crippen LogP contribution in [0.4, 0.5) is 0 Å². The number of hydrogen-bond acceptors (Lipinski definition) is 4. The molecule has 0 aromatic heterocycles. The molecule has 0 aliphatic carbocycles. The number of nitrogens with zero attached hydrogens (tertiary/aromatic N) is 2. The van der Waals surface area contributed by atoms with Gasteiger partial charge in [0.1, 0.15) is 0 Å². The lowest BCUT2D eigenvalue weighted by Gasteiger charge is -2.24. The number of nitrogens with two attached hydrogens (primary N) is 1. The van der Waals surface area contributed by atoms with Gasteiger partial charge in [-0.25, -0.2) is 0 Å². The molecule has 1 atom stereocenters. The van der Waals surface area contributed by atoms with Gasteiger partial charge in [0, 0.05) is 6.54 Å². The highest BCUT2D eigenvalue weighted by Crippen LogP contribution is 2.02. The van der Waals surface area contributed by atoms with Crippen LogP contribution in [0, 0.1) is 5.92 Å². The Morgan fingerprint density at radius 3 is 2.11 bits per heavy atom. The van der Waals surface area contributed by atoms with Crippen LogP contribution in [0.3, 0.4) is 0 Å². The molecule has 6 heteroatoms. The highest BCUT2D eigenvalue weighted by molar-refractivity contribution is 5.76. The Hall–Kier alpha value is -1.14. The number of aliphatic carboxylic acids is 1. The van der Waals surface area contributed by atoms with Crippen molar-refractivity contribution in [3.8, 4) is 0 Å². The van der Waals surface area contributed by atoms with Crippen molar-refractivity contribution in [2.24, 2.45) is 11.7 Å². The van der Waals surface area contributed by atoms with E-state index in [1.807, 2.05) is 4.90 Å².